The van der Waals surface area contributed by atoms with Gasteiger partial charge in [0.15, 0.2) is 5.65 Å². The summed E-state index contributed by atoms with van der Waals surface area (Å²) in [7, 11) is 0. The van der Waals surface area contributed by atoms with Crippen LogP contribution in [0.4, 0.5) is 11.6 Å². The highest BCUT2D eigenvalue weighted by Crippen LogP contribution is 2.12. The smallest absolute Gasteiger partial charge is 0.268 e. The Morgan fingerprint density at radius 2 is 1.89 bits per heavy atom. The number of aromatic nitrogens is 4. The van der Waals surface area contributed by atoms with Gasteiger partial charge in [-0.25, -0.2) is 9.97 Å². The van der Waals surface area contributed by atoms with Gasteiger partial charge in [0, 0.05) is 5.69 Å². The van der Waals surface area contributed by atoms with E-state index in [1.165, 1.54) is 6.20 Å². The molecule has 0 fully saturated rings. The second-order valence-corrected chi connectivity index (χ2v) is 3.67. The lowest BCUT2D eigenvalue weighted by atomic mass is 10.3. The fourth-order valence-corrected chi connectivity index (χ4v) is 1.55. The first-order valence-corrected chi connectivity index (χ1v) is 5.35. The number of hydrogen-bond acceptors (Lipinski definition) is 5. The summed E-state index contributed by atoms with van der Waals surface area (Å²) in [5.74, 6) is 0.414. The van der Waals surface area contributed by atoms with E-state index in [2.05, 4.69) is 25.3 Å². The lowest BCUT2D eigenvalue weighted by Gasteiger charge is -2.04. The Balaban J connectivity index is 2.00. The molecule has 0 saturated carbocycles. The number of H-pyrrole nitrogens is 1. The van der Waals surface area contributed by atoms with Crippen LogP contribution < -0.4 is 10.9 Å². The van der Waals surface area contributed by atoms with E-state index < -0.39 is 0 Å². The summed E-state index contributed by atoms with van der Waals surface area (Å²) in [6.45, 7) is 0. The minimum atomic E-state index is -0.285. The fourth-order valence-electron chi connectivity index (χ4n) is 1.55. The quantitative estimate of drug-likeness (QED) is 0.707. The van der Waals surface area contributed by atoms with E-state index in [0.717, 1.165) is 5.69 Å². The number of nitrogens with one attached hydrogen (secondary N) is 2. The molecule has 0 saturated heterocycles. The predicted molar refractivity (Wildman–Crippen MR) is 67.7 cm³/mol. The number of hydrogen-bond donors (Lipinski definition) is 2. The Hall–Kier alpha value is -2.76. The van der Waals surface area contributed by atoms with Crippen LogP contribution in [-0.4, -0.2) is 19.9 Å². The van der Waals surface area contributed by atoms with Crippen molar-refractivity contribution >= 4 is 22.8 Å². The molecule has 0 aliphatic heterocycles. The maximum absolute atomic E-state index is 11.2. The van der Waals surface area contributed by atoms with Crippen LogP contribution in [0.15, 0.2) is 47.5 Å². The van der Waals surface area contributed by atoms with Crippen LogP contribution in [0.3, 0.4) is 0 Å². The summed E-state index contributed by atoms with van der Waals surface area (Å²) in [6.07, 6.45) is 2.76. The third-order valence-corrected chi connectivity index (χ3v) is 2.36. The van der Waals surface area contributed by atoms with Gasteiger partial charge in [0.2, 0.25) is 5.95 Å². The molecule has 3 rings (SSSR count). The van der Waals surface area contributed by atoms with Gasteiger partial charge in [-0.05, 0) is 12.1 Å². The van der Waals surface area contributed by atoms with E-state index in [1.54, 1.807) is 6.20 Å². The van der Waals surface area contributed by atoms with Crippen LogP contribution in [-0.2, 0) is 0 Å². The lowest BCUT2D eigenvalue weighted by Crippen LogP contribution is -2.07. The van der Waals surface area contributed by atoms with Gasteiger partial charge in [0.05, 0.1) is 12.4 Å². The predicted octanol–water partition coefficient (Wildman–Crippen LogP) is 1.46. The highest BCUT2D eigenvalue weighted by atomic mass is 16.1. The van der Waals surface area contributed by atoms with E-state index in [9.17, 15) is 4.79 Å². The van der Waals surface area contributed by atoms with Crippen molar-refractivity contribution in [3.8, 4) is 0 Å². The Bertz CT molecular complexity index is 738. The fraction of sp³-hybridized carbons (Fsp3) is 0. The molecule has 1 aromatic carbocycles. The molecule has 0 spiro atoms. The van der Waals surface area contributed by atoms with Crippen molar-refractivity contribution in [2.75, 3.05) is 5.32 Å². The van der Waals surface area contributed by atoms with Crippen molar-refractivity contribution < 1.29 is 0 Å². The molecule has 18 heavy (non-hydrogen) atoms. The van der Waals surface area contributed by atoms with Crippen LogP contribution >= 0.6 is 0 Å². The highest BCUT2D eigenvalue weighted by Gasteiger charge is 2.01. The minimum absolute atomic E-state index is 0.285. The van der Waals surface area contributed by atoms with Crippen LogP contribution in [0.25, 0.3) is 11.2 Å². The molecule has 2 heterocycles. The summed E-state index contributed by atoms with van der Waals surface area (Å²) >= 11 is 0. The standard InChI is InChI=1S/C12H9N5O/c18-10-7-13-9-6-14-12(17-11(9)16-10)15-8-4-2-1-3-5-8/h1-7H,(H2,14,15,16,17,18). The maximum atomic E-state index is 11.2. The van der Waals surface area contributed by atoms with Crippen molar-refractivity contribution in [1.29, 1.82) is 0 Å². The van der Waals surface area contributed by atoms with Gasteiger partial charge in [0.25, 0.3) is 5.56 Å². The summed E-state index contributed by atoms with van der Waals surface area (Å²) in [4.78, 5) is 26.0. The van der Waals surface area contributed by atoms with Crippen molar-refractivity contribution in [2.45, 2.75) is 0 Å². The highest BCUT2D eigenvalue weighted by molar-refractivity contribution is 5.70. The first-order chi connectivity index (χ1) is 8.81. The number of rotatable bonds is 2. The molecule has 0 unspecified atom stereocenters. The molecule has 0 aliphatic rings. The Morgan fingerprint density at radius 1 is 1.06 bits per heavy atom. The number of anilines is 2. The van der Waals surface area contributed by atoms with Gasteiger partial charge < -0.3 is 10.3 Å². The van der Waals surface area contributed by atoms with Gasteiger partial charge in [-0.2, -0.15) is 4.98 Å². The average Bonchev–Trinajstić information content (AvgIpc) is 2.39. The topological polar surface area (TPSA) is 83.6 Å². The van der Waals surface area contributed by atoms with Gasteiger partial charge in [0.1, 0.15) is 5.52 Å². The molecule has 3 aromatic rings. The van der Waals surface area contributed by atoms with Crippen LogP contribution in [0.2, 0.25) is 0 Å². The Kier molecular flexibility index (Phi) is 2.45. The molecule has 0 atom stereocenters. The molecule has 0 radical (unpaired) electrons. The molecule has 2 aromatic heterocycles. The van der Waals surface area contributed by atoms with Gasteiger partial charge in [-0.3, -0.25) is 4.79 Å². The summed E-state index contributed by atoms with van der Waals surface area (Å²) < 4.78 is 0. The van der Waals surface area contributed by atoms with E-state index in [0.29, 0.717) is 17.1 Å². The number of para-hydroxylation sites is 1. The van der Waals surface area contributed by atoms with E-state index in [1.807, 2.05) is 30.3 Å². The van der Waals surface area contributed by atoms with E-state index >= 15 is 0 Å². The third kappa shape index (κ3) is 2.03. The van der Waals surface area contributed by atoms with E-state index in [4.69, 9.17) is 0 Å². The lowest BCUT2D eigenvalue weighted by molar-refractivity contribution is 1.12. The molecular formula is C12H9N5O. The van der Waals surface area contributed by atoms with Gasteiger partial charge in [-0.1, -0.05) is 18.2 Å². The molecule has 6 nitrogen and oxygen atoms in total. The molecule has 2 N–H and O–H groups in total. The molecule has 88 valence electrons. The molecule has 0 amide bonds. The zero-order valence-corrected chi connectivity index (χ0v) is 9.29. The third-order valence-electron chi connectivity index (χ3n) is 2.36. The average molecular weight is 239 g/mol. The van der Waals surface area contributed by atoms with Crippen molar-refractivity contribution in [3.63, 3.8) is 0 Å². The van der Waals surface area contributed by atoms with Gasteiger partial charge >= 0.3 is 0 Å². The normalized spacial score (nSPS) is 10.4. The number of benzene rings is 1. The van der Waals surface area contributed by atoms with Crippen LogP contribution in [0.1, 0.15) is 0 Å². The summed E-state index contributed by atoms with van der Waals surface area (Å²) in [5.41, 5.74) is 1.55. The second kappa shape index (κ2) is 4.25. The Labute approximate surface area is 102 Å². The number of fused-ring (bicyclic) bond motifs is 1. The molecule has 0 aliphatic carbocycles. The largest absolute Gasteiger partial charge is 0.324 e. The Morgan fingerprint density at radius 3 is 2.72 bits per heavy atom. The zero-order valence-electron chi connectivity index (χ0n) is 9.29. The van der Waals surface area contributed by atoms with Gasteiger partial charge in [-0.15, -0.1) is 0 Å². The summed E-state index contributed by atoms with van der Waals surface area (Å²) in [5, 5.41) is 3.04. The number of nitrogens with zero attached hydrogens (tertiary/aromatic N) is 3. The van der Waals surface area contributed by atoms with E-state index in [-0.39, 0.29) is 5.56 Å². The SMILES string of the molecule is O=c1cnc2cnc(Nc3ccccc3)nc2[nH]1. The monoisotopic (exact) mass is 239 g/mol. The molecule has 6 heteroatoms. The maximum Gasteiger partial charge on any atom is 0.268 e. The number of aromatic amines is 1. The first-order valence-electron chi connectivity index (χ1n) is 5.35. The first kappa shape index (κ1) is 10.4. The van der Waals surface area contributed by atoms with Crippen LogP contribution in [0.5, 0.6) is 0 Å². The van der Waals surface area contributed by atoms with Crippen molar-refractivity contribution in [2.24, 2.45) is 0 Å². The minimum Gasteiger partial charge on any atom is -0.324 e. The summed E-state index contributed by atoms with van der Waals surface area (Å²) in [6, 6.07) is 9.55. The molecular weight excluding hydrogens is 230 g/mol. The van der Waals surface area contributed by atoms with Crippen LogP contribution in [0, 0.1) is 0 Å². The zero-order chi connectivity index (χ0) is 12.4. The van der Waals surface area contributed by atoms with Crippen molar-refractivity contribution in [3.05, 3.63) is 53.1 Å². The molecule has 0 bridgehead atoms. The van der Waals surface area contributed by atoms with Crippen molar-refractivity contribution in [1.82, 2.24) is 19.9 Å². The second-order valence-electron chi connectivity index (χ2n) is 3.67.